The van der Waals surface area contributed by atoms with Crippen molar-refractivity contribution in [1.82, 2.24) is 19.5 Å². The molecule has 7 nitrogen and oxygen atoms in total. The number of nitrogens with zero attached hydrogens (tertiary/aromatic N) is 4. The van der Waals surface area contributed by atoms with Gasteiger partial charge in [-0.1, -0.05) is 12.2 Å². The fraction of sp³-hybridized carbons (Fsp3) is 0.368. The number of piperidine rings is 1. The highest BCUT2D eigenvalue weighted by molar-refractivity contribution is 7.71. The van der Waals surface area contributed by atoms with Crippen molar-refractivity contribution in [3.63, 3.8) is 0 Å². The third kappa shape index (κ3) is 3.44. The number of aromatic amines is 1. The molecule has 3 heterocycles. The minimum absolute atomic E-state index is 0.252. The number of anilines is 1. The van der Waals surface area contributed by atoms with Gasteiger partial charge in [0.05, 0.1) is 6.61 Å². The molecule has 1 N–H and O–H groups in total. The lowest BCUT2D eigenvalue weighted by atomic mass is 10.1. The van der Waals surface area contributed by atoms with E-state index in [1.807, 2.05) is 31.2 Å². The standard InChI is InChI=1S/C19H21N5O2S/c1-2-26-14-8-6-13(7-9-14)24-12-20-16-15(18(24)27)17(25)22-19(21-16)23-10-4-3-5-11-23/h6-9,12H,2-5,10-11H2,1H3,(H,21,22,25). The van der Waals surface area contributed by atoms with Crippen LogP contribution in [0.5, 0.6) is 5.75 Å². The zero-order valence-corrected chi connectivity index (χ0v) is 16.0. The van der Waals surface area contributed by atoms with Crippen LogP contribution in [0, 0.1) is 4.64 Å². The molecule has 140 valence electrons. The second-order valence-electron chi connectivity index (χ2n) is 6.48. The van der Waals surface area contributed by atoms with Crippen LogP contribution < -0.4 is 15.2 Å². The average Bonchev–Trinajstić information content (AvgIpc) is 2.69. The van der Waals surface area contributed by atoms with Crippen molar-refractivity contribution in [3.05, 3.63) is 45.6 Å². The molecule has 1 aliphatic heterocycles. The first-order valence-electron chi connectivity index (χ1n) is 9.17. The van der Waals surface area contributed by atoms with E-state index in [1.54, 1.807) is 10.9 Å². The molecule has 0 radical (unpaired) electrons. The lowest BCUT2D eigenvalue weighted by Crippen LogP contribution is -2.32. The Morgan fingerprint density at radius 2 is 1.93 bits per heavy atom. The number of hydrogen-bond acceptors (Lipinski definition) is 6. The Balaban J connectivity index is 1.76. The van der Waals surface area contributed by atoms with E-state index in [-0.39, 0.29) is 5.56 Å². The summed E-state index contributed by atoms with van der Waals surface area (Å²) in [6.07, 6.45) is 5.04. The molecule has 2 aromatic heterocycles. The molecule has 0 spiro atoms. The maximum Gasteiger partial charge on any atom is 0.264 e. The first-order valence-corrected chi connectivity index (χ1v) is 9.58. The van der Waals surface area contributed by atoms with Gasteiger partial charge in [-0.3, -0.25) is 14.3 Å². The van der Waals surface area contributed by atoms with Gasteiger partial charge in [0.15, 0.2) is 5.65 Å². The smallest absolute Gasteiger partial charge is 0.264 e. The maximum atomic E-state index is 12.7. The summed E-state index contributed by atoms with van der Waals surface area (Å²) in [6.45, 7) is 4.34. The number of ether oxygens (including phenoxy) is 1. The van der Waals surface area contributed by atoms with Crippen LogP contribution >= 0.6 is 12.2 Å². The Labute approximate surface area is 161 Å². The van der Waals surface area contributed by atoms with Crippen molar-refractivity contribution in [2.24, 2.45) is 0 Å². The summed E-state index contributed by atoms with van der Waals surface area (Å²) in [5, 5.41) is 0.335. The minimum atomic E-state index is -0.252. The van der Waals surface area contributed by atoms with Crippen molar-refractivity contribution >= 4 is 29.2 Å². The molecule has 8 heteroatoms. The van der Waals surface area contributed by atoms with E-state index < -0.39 is 0 Å². The molecule has 1 aliphatic rings. The number of H-pyrrole nitrogens is 1. The Hall–Kier alpha value is -2.74. The van der Waals surface area contributed by atoms with Gasteiger partial charge in [-0.25, -0.2) is 4.98 Å². The lowest BCUT2D eigenvalue weighted by molar-refractivity contribution is 0.340. The molecule has 0 bridgehead atoms. The van der Waals surface area contributed by atoms with Gasteiger partial charge >= 0.3 is 0 Å². The number of aromatic nitrogens is 4. The number of rotatable bonds is 4. The summed E-state index contributed by atoms with van der Waals surface area (Å²) < 4.78 is 7.57. The quantitative estimate of drug-likeness (QED) is 0.697. The van der Waals surface area contributed by atoms with E-state index in [1.165, 1.54) is 6.42 Å². The van der Waals surface area contributed by atoms with E-state index in [0.717, 1.165) is 37.4 Å². The van der Waals surface area contributed by atoms with Crippen molar-refractivity contribution in [3.8, 4) is 11.4 Å². The molecule has 0 aliphatic carbocycles. The van der Waals surface area contributed by atoms with Crippen LogP contribution in [0.4, 0.5) is 5.95 Å². The third-order valence-corrected chi connectivity index (χ3v) is 5.10. The Bertz CT molecular complexity index is 1070. The van der Waals surface area contributed by atoms with Gasteiger partial charge in [0.25, 0.3) is 5.56 Å². The summed E-state index contributed by atoms with van der Waals surface area (Å²) in [4.78, 5) is 26.7. The van der Waals surface area contributed by atoms with Crippen LogP contribution in [-0.4, -0.2) is 39.2 Å². The molecule has 3 aromatic rings. The summed E-state index contributed by atoms with van der Waals surface area (Å²) >= 11 is 5.57. The second-order valence-corrected chi connectivity index (χ2v) is 6.87. The van der Waals surface area contributed by atoms with Crippen LogP contribution in [0.15, 0.2) is 35.4 Å². The molecule has 1 fully saturated rings. The van der Waals surface area contributed by atoms with Crippen LogP contribution in [0.1, 0.15) is 26.2 Å². The average molecular weight is 383 g/mol. The molecule has 4 rings (SSSR count). The van der Waals surface area contributed by atoms with Gasteiger partial charge in [-0.2, -0.15) is 4.98 Å². The summed E-state index contributed by atoms with van der Waals surface area (Å²) in [6, 6.07) is 7.51. The second kappa shape index (κ2) is 7.48. The van der Waals surface area contributed by atoms with Crippen molar-refractivity contribution < 1.29 is 4.74 Å². The zero-order valence-electron chi connectivity index (χ0n) is 15.1. The molecule has 0 unspecified atom stereocenters. The van der Waals surface area contributed by atoms with E-state index in [9.17, 15) is 4.79 Å². The normalized spacial score (nSPS) is 14.5. The van der Waals surface area contributed by atoms with Gasteiger partial charge in [0.1, 0.15) is 22.1 Å². The maximum absolute atomic E-state index is 12.7. The predicted octanol–water partition coefficient (Wildman–Crippen LogP) is 3.23. The van der Waals surface area contributed by atoms with Crippen LogP contribution in [0.25, 0.3) is 16.7 Å². The van der Waals surface area contributed by atoms with E-state index in [4.69, 9.17) is 17.0 Å². The Morgan fingerprint density at radius 3 is 2.63 bits per heavy atom. The molecule has 0 atom stereocenters. The SMILES string of the molecule is CCOc1ccc(-n2cnc3nc(N4CCCCC4)[nH]c(=O)c3c2=S)cc1. The Kier molecular flexibility index (Phi) is 4.89. The van der Waals surface area contributed by atoms with Crippen LogP contribution in [-0.2, 0) is 0 Å². The first kappa shape index (κ1) is 17.7. The topological polar surface area (TPSA) is 76.0 Å². The molecule has 1 saturated heterocycles. The molecule has 1 aromatic carbocycles. The lowest BCUT2D eigenvalue weighted by Gasteiger charge is -2.26. The van der Waals surface area contributed by atoms with E-state index >= 15 is 0 Å². The van der Waals surface area contributed by atoms with Crippen LogP contribution in [0.3, 0.4) is 0 Å². The molecule has 27 heavy (non-hydrogen) atoms. The van der Waals surface area contributed by atoms with Gasteiger partial charge < -0.3 is 9.64 Å². The Morgan fingerprint density at radius 1 is 1.19 bits per heavy atom. The van der Waals surface area contributed by atoms with Gasteiger partial charge in [-0.15, -0.1) is 0 Å². The highest BCUT2D eigenvalue weighted by Crippen LogP contribution is 2.19. The van der Waals surface area contributed by atoms with Crippen molar-refractivity contribution in [2.75, 3.05) is 24.6 Å². The van der Waals surface area contributed by atoms with Crippen molar-refractivity contribution in [1.29, 1.82) is 0 Å². The molecule has 0 amide bonds. The highest BCUT2D eigenvalue weighted by atomic mass is 32.1. The summed E-state index contributed by atoms with van der Waals surface area (Å²) in [5.41, 5.74) is 0.947. The highest BCUT2D eigenvalue weighted by Gasteiger charge is 2.16. The fourth-order valence-electron chi connectivity index (χ4n) is 3.33. The monoisotopic (exact) mass is 383 g/mol. The third-order valence-electron chi connectivity index (χ3n) is 4.70. The molecule has 0 saturated carbocycles. The van der Waals surface area contributed by atoms with Gasteiger partial charge in [0.2, 0.25) is 5.95 Å². The molecular formula is C19H21N5O2S. The number of benzene rings is 1. The summed E-state index contributed by atoms with van der Waals surface area (Å²) in [7, 11) is 0. The summed E-state index contributed by atoms with van der Waals surface area (Å²) in [5.74, 6) is 1.36. The van der Waals surface area contributed by atoms with E-state index in [2.05, 4.69) is 19.9 Å². The number of fused-ring (bicyclic) bond motifs is 1. The zero-order chi connectivity index (χ0) is 18.8. The van der Waals surface area contributed by atoms with Crippen molar-refractivity contribution in [2.45, 2.75) is 26.2 Å². The number of nitrogens with one attached hydrogen (secondary N) is 1. The number of hydrogen-bond donors (Lipinski definition) is 1. The van der Waals surface area contributed by atoms with Crippen LogP contribution in [0.2, 0.25) is 0 Å². The van der Waals surface area contributed by atoms with E-state index in [0.29, 0.717) is 28.2 Å². The van der Waals surface area contributed by atoms with Gasteiger partial charge in [0, 0.05) is 18.8 Å². The fourth-order valence-corrected chi connectivity index (χ4v) is 3.67. The first-order chi connectivity index (χ1) is 13.2. The largest absolute Gasteiger partial charge is 0.494 e. The minimum Gasteiger partial charge on any atom is -0.494 e. The predicted molar refractivity (Wildman–Crippen MR) is 108 cm³/mol. The molecular weight excluding hydrogens is 362 g/mol. The van der Waals surface area contributed by atoms with Gasteiger partial charge in [-0.05, 0) is 50.5 Å².